The SMILES string of the molecule is CC1(C)C[C@H]2[C@H](CC[C@]3(C)[C@@H]2C(=O)C[C@@H]2[C@@]4(C)C=C(C#N)C(=O)C(C)(C)[C@@H]4CC[C@]23C)[C@H](NC(=O)C2CC2)C1. The van der Waals surface area contributed by atoms with Gasteiger partial charge in [0.25, 0.3) is 0 Å². The van der Waals surface area contributed by atoms with Gasteiger partial charge in [0.05, 0.1) is 5.57 Å². The molecule has 0 bridgehead atoms. The first kappa shape index (κ1) is 27.2. The fourth-order valence-electron chi connectivity index (χ4n) is 11.5. The van der Waals surface area contributed by atoms with Gasteiger partial charge in [0, 0.05) is 29.7 Å². The Kier molecular flexibility index (Phi) is 5.79. The molecular formula is C34H48N2O3. The van der Waals surface area contributed by atoms with E-state index in [2.05, 4.69) is 46.0 Å². The lowest BCUT2D eigenvalue weighted by Gasteiger charge is -2.71. The largest absolute Gasteiger partial charge is 0.353 e. The third-order valence-electron chi connectivity index (χ3n) is 13.6. The summed E-state index contributed by atoms with van der Waals surface area (Å²) in [5, 5.41) is 13.4. The number of amides is 1. The first-order valence-electron chi connectivity index (χ1n) is 15.6. The molecule has 0 spiro atoms. The highest BCUT2D eigenvalue weighted by atomic mass is 16.2. The Morgan fingerprint density at radius 2 is 1.56 bits per heavy atom. The van der Waals surface area contributed by atoms with Gasteiger partial charge in [0.2, 0.25) is 5.91 Å². The maximum atomic E-state index is 14.5. The molecule has 6 rings (SSSR count). The molecule has 1 amide bonds. The van der Waals surface area contributed by atoms with Crippen LogP contribution in [-0.4, -0.2) is 23.5 Å². The second-order valence-electron chi connectivity index (χ2n) is 16.5. The minimum absolute atomic E-state index is 0.00945. The highest BCUT2D eigenvalue weighted by Gasteiger charge is 2.71. The van der Waals surface area contributed by atoms with Crippen molar-refractivity contribution in [1.29, 1.82) is 5.26 Å². The van der Waals surface area contributed by atoms with Gasteiger partial charge in [-0.2, -0.15) is 5.26 Å². The maximum absolute atomic E-state index is 14.5. The molecule has 0 radical (unpaired) electrons. The van der Waals surface area contributed by atoms with Crippen LogP contribution in [0.1, 0.15) is 106 Å². The number of hydrogen-bond donors (Lipinski definition) is 1. The summed E-state index contributed by atoms with van der Waals surface area (Å²) in [4.78, 5) is 40.6. The number of nitrogens with zero attached hydrogens (tertiary/aromatic N) is 1. The molecule has 5 saturated carbocycles. The van der Waals surface area contributed by atoms with Crippen molar-refractivity contribution >= 4 is 17.5 Å². The fourth-order valence-corrected chi connectivity index (χ4v) is 11.5. The number of rotatable bonds is 2. The molecule has 0 aliphatic heterocycles. The van der Waals surface area contributed by atoms with E-state index in [1.165, 1.54) is 0 Å². The van der Waals surface area contributed by atoms with Crippen molar-refractivity contribution in [3.63, 3.8) is 0 Å². The van der Waals surface area contributed by atoms with E-state index in [4.69, 9.17) is 0 Å². The summed E-state index contributed by atoms with van der Waals surface area (Å²) in [7, 11) is 0. The Hall–Kier alpha value is -1.96. The smallest absolute Gasteiger partial charge is 0.223 e. The van der Waals surface area contributed by atoms with Gasteiger partial charge >= 0.3 is 0 Å². The van der Waals surface area contributed by atoms with Crippen LogP contribution < -0.4 is 5.32 Å². The van der Waals surface area contributed by atoms with Crippen molar-refractivity contribution in [2.24, 2.45) is 62.6 Å². The zero-order chi connectivity index (χ0) is 28.3. The van der Waals surface area contributed by atoms with E-state index in [1.54, 1.807) is 0 Å². The van der Waals surface area contributed by atoms with Gasteiger partial charge < -0.3 is 5.32 Å². The summed E-state index contributed by atoms with van der Waals surface area (Å²) in [5.41, 5.74) is -0.774. The highest BCUT2D eigenvalue weighted by Crippen LogP contribution is 2.74. The number of Topliss-reactive ketones (excluding diaryl/α,β-unsaturated/α-hetero) is 2. The van der Waals surface area contributed by atoms with E-state index in [1.807, 2.05) is 19.9 Å². The van der Waals surface area contributed by atoms with Crippen molar-refractivity contribution in [3.8, 4) is 6.07 Å². The molecule has 0 heterocycles. The van der Waals surface area contributed by atoms with Crippen LogP contribution in [0.5, 0.6) is 0 Å². The summed E-state index contributed by atoms with van der Waals surface area (Å²) < 4.78 is 0. The van der Waals surface area contributed by atoms with Crippen LogP contribution >= 0.6 is 0 Å². The molecule has 0 saturated heterocycles. The molecule has 0 aromatic rings. The number of carbonyl (C=O) groups is 3. The van der Waals surface area contributed by atoms with Gasteiger partial charge in [-0.25, -0.2) is 0 Å². The van der Waals surface area contributed by atoms with E-state index in [0.29, 0.717) is 24.0 Å². The standard InChI is InChI=1S/C34H48N2O3/c1-30(2)16-22-21(23(17-30)36-29(39)19-8-9-19)10-12-34(7)27(22)24(37)14-26-32(5)15-20(18-35)28(38)31(3,4)25(32)11-13-33(26,34)6/h15,19,21-23,25-27H,8-14,16-17H2,1-7H3,(H,36,39)/t21-,22-,23+,25-,26+,27-,32-,33+,34+/m0/s1. The molecule has 5 fully saturated rings. The van der Waals surface area contributed by atoms with Crippen LogP contribution in [-0.2, 0) is 14.4 Å². The molecule has 0 unspecified atom stereocenters. The molecule has 0 aromatic heterocycles. The fraction of sp³-hybridized carbons (Fsp3) is 0.824. The summed E-state index contributed by atoms with van der Waals surface area (Å²) in [6.45, 7) is 15.8. The van der Waals surface area contributed by atoms with Crippen molar-refractivity contribution in [2.45, 2.75) is 112 Å². The topological polar surface area (TPSA) is 87.0 Å². The second kappa shape index (κ2) is 8.29. The number of fused-ring (bicyclic) bond motifs is 7. The number of nitrogens with one attached hydrogen (secondary N) is 1. The van der Waals surface area contributed by atoms with E-state index >= 15 is 0 Å². The van der Waals surface area contributed by atoms with Gasteiger partial charge in [-0.1, -0.05) is 54.5 Å². The van der Waals surface area contributed by atoms with E-state index in [0.717, 1.165) is 51.4 Å². The molecule has 5 heteroatoms. The molecule has 39 heavy (non-hydrogen) atoms. The lowest BCUT2D eigenvalue weighted by atomic mass is 9.32. The van der Waals surface area contributed by atoms with Crippen LogP contribution in [0.3, 0.4) is 0 Å². The van der Waals surface area contributed by atoms with E-state index in [-0.39, 0.29) is 68.6 Å². The molecule has 6 aliphatic carbocycles. The summed E-state index contributed by atoms with van der Waals surface area (Å²) >= 11 is 0. The second-order valence-corrected chi connectivity index (χ2v) is 16.5. The Labute approximate surface area is 234 Å². The Morgan fingerprint density at radius 1 is 0.897 bits per heavy atom. The van der Waals surface area contributed by atoms with Gasteiger partial charge in [-0.3, -0.25) is 14.4 Å². The summed E-state index contributed by atoms with van der Waals surface area (Å²) in [6, 6.07) is 2.39. The number of nitriles is 1. The highest BCUT2D eigenvalue weighted by molar-refractivity contribution is 6.04. The van der Waals surface area contributed by atoms with E-state index in [9.17, 15) is 19.6 Å². The van der Waals surface area contributed by atoms with Crippen molar-refractivity contribution in [1.82, 2.24) is 5.32 Å². The van der Waals surface area contributed by atoms with Crippen LogP contribution in [0, 0.1) is 73.9 Å². The van der Waals surface area contributed by atoms with Crippen molar-refractivity contribution in [2.75, 3.05) is 0 Å². The van der Waals surface area contributed by atoms with Crippen LogP contribution in [0.15, 0.2) is 11.6 Å². The van der Waals surface area contributed by atoms with Crippen LogP contribution in [0.2, 0.25) is 0 Å². The summed E-state index contributed by atoms with van der Waals surface area (Å²) in [6.07, 6.45) is 10.6. The van der Waals surface area contributed by atoms with Gasteiger partial charge in [-0.05, 0) is 96.7 Å². The average molecular weight is 533 g/mol. The Bertz CT molecular complexity index is 1200. The normalized spacial score (nSPS) is 47.9. The van der Waals surface area contributed by atoms with Gasteiger partial charge in [0.15, 0.2) is 5.78 Å². The molecule has 212 valence electrons. The maximum Gasteiger partial charge on any atom is 0.223 e. The first-order valence-corrected chi connectivity index (χ1v) is 15.6. The number of allylic oxidation sites excluding steroid dienone is 2. The predicted molar refractivity (Wildman–Crippen MR) is 150 cm³/mol. The third kappa shape index (κ3) is 3.64. The van der Waals surface area contributed by atoms with Crippen molar-refractivity contribution in [3.05, 3.63) is 11.6 Å². The molecule has 0 aromatic carbocycles. The molecule has 1 N–H and O–H groups in total. The Balaban J connectivity index is 1.39. The van der Waals surface area contributed by atoms with E-state index < -0.39 is 5.41 Å². The lowest BCUT2D eigenvalue weighted by molar-refractivity contribution is -0.212. The molecule has 6 aliphatic rings. The first-order chi connectivity index (χ1) is 18.1. The lowest BCUT2D eigenvalue weighted by Crippen LogP contribution is -2.68. The zero-order valence-electron chi connectivity index (χ0n) is 25.2. The molecule has 5 nitrogen and oxygen atoms in total. The van der Waals surface area contributed by atoms with Crippen LogP contribution in [0.4, 0.5) is 0 Å². The number of carbonyl (C=O) groups excluding carboxylic acids is 3. The average Bonchev–Trinajstić information content (AvgIpc) is 3.68. The van der Waals surface area contributed by atoms with Gasteiger partial charge in [-0.15, -0.1) is 0 Å². The van der Waals surface area contributed by atoms with Crippen molar-refractivity contribution < 1.29 is 14.4 Å². The van der Waals surface area contributed by atoms with Gasteiger partial charge in [0.1, 0.15) is 11.9 Å². The summed E-state index contributed by atoms with van der Waals surface area (Å²) in [5.74, 6) is 1.71. The number of hydrogen-bond acceptors (Lipinski definition) is 4. The minimum Gasteiger partial charge on any atom is -0.353 e. The monoisotopic (exact) mass is 532 g/mol. The number of ketones is 2. The molecule has 9 atom stereocenters. The third-order valence-corrected chi connectivity index (χ3v) is 13.6. The quantitative estimate of drug-likeness (QED) is 0.444. The molecular weight excluding hydrogens is 484 g/mol. The Morgan fingerprint density at radius 3 is 2.21 bits per heavy atom. The predicted octanol–water partition coefficient (Wildman–Crippen LogP) is 6.42. The van der Waals surface area contributed by atoms with Crippen LogP contribution in [0.25, 0.3) is 0 Å². The minimum atomic E-state index is -0.602. The zero-order valence-corrected chi connectivity index (χ0v) is 25.2.